The summed E-state index contributed by atoms with van der Waals surface area (Å²) in [7, 11) is 0. The van der Waals surface area contributed by atoms with Crippen molar-refractivity contribution in [3.05, 3.63) is 77.4 Å². The van der Waals surface area contributed by atoms with Gasteiger partial charge in [0.1, 0.15) is 5.52 Å². The van der Waals surface area contributed by atoms with Crippen LogP contribution in [0.15, 0.2) is 65.2 Å². The monoisotopic (exact) mass is 481 g/mol. The first-order valence-corrected chi connectivity index (χ1v) is 12.5. The van der Waals surface area contributed by atoms with Crippen LogP contribution in [0.4, 0.5) is 11.4 Å². The van der Waals surface area contributed by atoms with Gasteiger partial charge in [-0.15, -0.1) is 0 Å². The highest BCUT2D eigenvalue weighted by Gasteiger charge is 2.35. The minimum atomic E-state index is -0.122. The van der Waals surface area contributed by atoms with Gasteiger partial charge in [0, 0.05) is 36.4 Å². The first kappa shape index (κ1) is 22.3. The number of ether oxygens (including phenoxy) is 1. The van der Waals surface area contributed by atoms with Crippen molar-refractivity contribution in [3.8, 4) is 11.3 Å². The fourth-order valence-corrected chi connectivity index (χ4v) is 5.33. The maximum absolute atomic E-state index is 13.7. The van der Waals surface area contributed by atoms with Crippen molar-refractivity contribution in [3.63, 3.8) is 0 Å². The Labute approximate surface area is 209 Å². The Balaban J connectivity index is 1.43. The summed E-state index contributed by atoms with van der Waals surface area (Å²) in [6.07, 6.45) is 1.42. The number of fused-ring (bicyclic) bond motifs is 2. The van der Waals surface area contributed by atoms with Crippen LogP contribution < -0.4 is 10.2 Å². The van der Waals surface area contributed by atoms with E-state index in [0.29, 0.717) is 61.5 Å². The smallest absolute Gasteiger partial charge is 0.309 e. The molecule has 3 aromatic carbocycles. The number of nitrogens with zero attached hydrogens (tertiary/aromatic N) is 2. The molecule has 0 amide bonds. The molecule has 7 heteroatoms. The number of ketones is 1. The largest absolute Gasteiger partial charge is 0.466 e. The Morgan fingerprint density at radius 2 is 1.81 bits per heavy atom. The fraction of sp³-hybridized carbons (Fsp3) is 0.276. The van der Waals surface area contributed by atoms with Crippen LogP contribution >= 0.6 is 0 Å². The number of aromatic nitrogens is 1. The van der Waals surface area contributed by atoms with Gasteiger partial charge in [0.25, 0.3) is 0 Å². The molecular formula is C29H27N3O4. The second kappa shape index (κ2) is 9.15. The summed E-state index contributed by atoms with van der Waals surface area (Å²) in [5, 5.41) is 8.72. The van der Waals surface area contributed by atoms with E-state index in [2.05, 4.69) is 27.5 Å². The summed E-state index contributed by atoms with van der Waals surface area (Å²) < 4.78 is 11.1. The molecule has 6 rings (SSSR count). The molecule has 1 N–H and O–H groups in total. The quantitative estimate of drug-likeness (QED) is 0.324. The van der Waals surface area contributed by atoms with E-state index in [0.717, 1.165) is 27.9 Å². The van der Waals surface area contributed by atoms with Crippen molar-refractivity contribution < 1.29 is 18.8 Å². The zero-order valence-electron chi connectivity index (χ0n) is 20.1. The van der Waals surface area contributed by atoms with Crippen LogP contribution in [0.3, 0.4) is 0 Å². The van der Waals surface area contributed by atoms with Crippen LogP contribution in [0.2, 0.25) is 0 Å². The summed E-state index contributed by atoms with van der Waals surface area (Å²) in [5.74, 6) is 0.380. The van der Waals surface area contributed by atoms with E-state index >= 15 is 0 Å². The Morgan fingerprint density at radius 1 is 1.08 bits per heavy atom. The van der Waals surface area contributed by atoms with Gasteiger partial charge in [-0.3, -0.25) is 9.59 Å². The van der Waals surface area contributed by atoms with E-state index in [4.69, 9.17) is 9.26 Å². The molecular weight excluding hydrogens is 454 g/mol. The second-order valence-corrected chi connectivity index (χ2v) is 9.28. The maximum Gasteiger partial charge on any atom is 0.309 e. The van der Waals surface area contributed by atoms with Crippen molar-refractivity contribution in [1.82, 2.24) is 5.16 Å². The van der Waals surface area contributed by atoms with E-state index in [-0.39, 0.29) is 17.7 Å². The third kappa shape index (κ3) is 3.71. The molecule has 1 saturated heterocycles. The first-order chi connectivity index (χ1) is 17.7. The van der Waals surface area contributed by atoms with Gasteiger partial charge in [-0.05, 0) is 31.4 Å². The van der Waals surface area contributed by atoms with E-state index < -0.39 is 0 Å². The van der Waals surface area contributed by atoms with Gasteiger partial charge in [-0.1, -0.05) is 59.8 Å². The zero-order chi connectivity index (χ0) is 24.6. The lowest BCUT2D eigenvalue weighted by molar-refractivity contribution is -0.148. The minimum absolute atomic E-state index is 0.0329. The highest BCUT2D eigenvalue weighted by atomic mass is 16.5. The number of carbonyl (C=O) groups is 2. The number of nitrogens with one attached hydrogen (secondary N) is 1. The molecule has 1 aliphatic carbocycles. The van der Waals surface area contributed by atoms with Gasteiger partial charge in [0.05, 0.1) is 29.2 Å². The lowest BCUT2D eigenvalue weighted by Crippen LogP contribution is -2.37. The van der Waals surface area contributed by atoms with E-state index in [1.54, 1.807) is 0 Å². The number of rotatable bonds is 6. The van der Waals surface area contributed by atoms with E-state index in [1.165, 1.54) is 0 Å². The van der Waals surface area contributed by atoms with Crippen molar-refractivity contribution in [1.29, 1.82) is 0 Å². The SMILES string of the molecule is CCOC(=O)C1CCN(c2cc(NCc3ccccc3)c3c4c(onc24)-c2ccccc2C3=O)CC1. The summed E-state index contributed by atoms with van der Waals surface area (Å²) in [4.78, 5) is 28.2. The van der Waals surface area contributed by atoms with Crippen LogP contribution in [0, 0.1) is 5.92 Å². The summed E-state index contributed by atoms with van der Waals surface area (Å²) in [6, 6.07) is 19.6. The lowest BCUT2D eigenvalue weighted by atomic mass is 9.86. The van der Waals surface area contributed by atoms with Crippen LogP contribution in [0.1, 0.15) is 41.3 Å². The second-order valence-electron chi connectivity index (χ2n) is 9.28. The number of benzene rings is 3. The average molecular weight is 482 g/mol. The molecule has 2 aliphatic rings. The lowest BCUT2D eigenvalue weighted by Gasteiger charge is -2.33. The van der Waals surface area contributed by atoms with Gasteiger partial charge < -0.3 is 19.5 Å². The van der Waals surface area contributed by atoms with Gasteiger partial charge in [0.2, 0.25) is 0 Å². The molecule has 0 unspecified atom stereocenters. The van der Waals surface area contributed by atoms with Crippen molar-refractivity contribution in [2.45, 2.75) is 26.3 Å². The highest BCUT2D eigenvalue weighted by molar-refractivity contribution is 6.28. The van der Waals surface area contributed by atoms with Crippen LogP contribution in [-0.2, 0) is 16.1 Å². The van der Waals surface area contributed by atoms with Crippen molar-refractivity contribution >= 4 is 34.0 Å². The molecule has 1 fully saturated rings. The molecule has 2 heterocycles. The van der Waals surface area contributed by atoms with Gasteiger partial charge in [-0.25, -0.2) is 0 Å². The molecule has 1 aromatic heterocycles. The van der Waals surface area contributed by atoms with E-state index in [1.807, 2.05) is 55.5 Å². The number of anilines is 2. The topological polar surface area (TPSA) is 84.7 Å². The maximum atomic E-state index is 13.7. The number of hydrogen-bond acceptors (Lipinski definition) is 7. The van der Waals surface area contributed by atoms with Gasteiger partial charge >= 0.3 is 5.97 Å². The molecule has 1 aliphatic heterocycles. The van der Waals surface area contributed by atoms with E-state index in [9.17, 15) is 9.59 Å². The summed E-state index contributed by atoms with van der Waals surface area (Å²) >= 11 is 0. The molecule has 0 radical (unpaired) electrons. The molecule has 0 saturated carbocycles. The number of hydrogen-bond donors (Lipinski definition) is 1. The molecule has 4 aromatic rings. The normalized spacial score (nSPS) is 15.1. The van der Waals surface area contributed by atoms with Crippen LogP contribution in [0.25, 0.3) is 22.2 Å². The zero-order valence-corrected chi connectivity index (χ0v) is 20.1. The first-order valence-electron chi connectivity index (χ1n) is 12.5. The molecule has 0 bridgehead atoms. The summed E-state index contributed by atoms with van der Waals surface area (Å²) in [6.45, 7) is 4.21. The fourth-order valence-electron chi connectivity index (χ4n) is 5.33. The Morgan fingerprint density at radius 3 is 2.56 bits per heavy atom. The Kier molecular flexibility index (Phi) is 5.68. The average Bonchev–Trinajstić information content (AvgIpc) is 3.37. The highest BCUT2D eigenvalue weighted by Crippen LogP contribution is 2.46. The molecule has 182 valence electrons. The predicted octanol–water partition coefficient (Wildman–Crippen LogP) is 5.43. The molecule has 0 atom stereocenters. The van der Waals surface area contributed by atoms with Gasteiger partial charge in [0.15, 0.2) is 11.5 Å². The van der Waals surface area contributed by atoms with Crippen LogP contribution in [-0.4, -0.2) is 36.6 Å². The molecule has 0 spiro atoms. The summed E-state index contributed by atoms with van der Waals surface area (Å²) in [5.41, 5.74) is 5.46. The third-order valence-electron chi connectivity index (χ3n) is 7.16. The standard InChI is InChI=1S/C29H27N3O4/c1-2-35-29(34)19-12-14-32(15-13-19)23-16-22(30-17-18-8-4-3-5-9-18)24-25-26(23)31-36-28(25)21-11-7-6-10-20(21)27(24)33/h3-11,16,19,30H,2,12-15,17H2,1H3. The number of carbonyl (C=O) groups excluding carboxylic acids is 2. The number of esters is 1. The van der Waals surface area contributed by atoms with Crippen LogP contribution in [0.5, 0.6) is 0 Å². The predicted molar refractivity (Wildman–Crippen MR) is 138 cm³/mol. The van der Waals surface area contributed by atoms with Crippen molar-refractivity contribution in [2.75, 3.05) is 29.9 Å². The minimum Gasteiger partial charge on any atom is -0.466 e. The molecule has 7 nitrogen and oxygen atoms in total. The number of piperidine rings is 1. The molecule has 36 heavy (non-hydrogen) atoms. The van der Waals surface area contributed by atoms with Gasteiger partial charge in [-0.2, -0.15) is 0 Å². The Bertz CT molecular complexity index is 1450. The van der Waals surface area contributed by atoms with Crippen molar-refractivity contribution in [2.24, 2.45) is 5.92 Å². The third-order valence-corrected chi connectivity index (χ3v) is 7.16. The Hall–Kier alpha value is -4.13.